The van der Waals surface area contributed by atoms with Crippen molar-refractivity contribution in [3.8, 4) is 0 Å². The van der Waals surface area contributed by atoms with Crippen molar-refractivity contribution in [1.29, 1.82) is 0 Å². The van der Waals surface area contributed by atoms with Crippen molar-refractivity contribution in [3.63, 3.8) is 0 Å². The van der Waals surface area contributed by atoms with E-state index in [1.807, 2.05) is 6.08 Å². The molecule has 0 aromatic carbocycles. The average Bonchev–Trinajstić information content (AvgIpc) is 3.17. The van der Waals surface area contributed by atoms with Crippen LogP contribution >= 0.6 is 0 Å². The molecular weight excluding hydrogens is 671 g/mol. The number of amides is 1. The molecule has 0 radical (unpaired) electrons. The van der Waals surface area contributed by atoms with Gasteiger partial charge in [0, 0.05) is 12.8 Å². The zero-order chi connectivity index (χ0) is 39.4. The van der Waals surface area contributed by atoms with E-state index in [1.54, 1.807) is 6.08 Å². The molecule has 1 amide bonds. The summed E-state index contributed by atoms with van der Waals surface area (Å²) in [6.07, 6.45) is 51.3. The van der Waals surface area contributed by atoms with Crippen molar-refractivity contribution in [2.24, 2.45) is 0 Å². The van der Waals surface area contributed by atoms with E-state index >= 15 is 0 Å². The van der Waals surface area contributed by atoms with E-state index in [2.05, 4.69) is 43.5 Å². The molecule has 0 aliphatic rings. The number of aliphatic hydroxyl groups is 2. The van der Waals surface area contributed by atoms with Crippen LogP contribution in [0, 0.1) is 0 Å². The normalized spacial score (nSPS) is 13.0. The smallest absolute Gasteiger partial charge is 0.305 e. The standard InChI is InChI=1S/C48H89NO5/c1-3-5-7-9-11-13-15-16-17-18-22-26-30-34-38-42-48(53)54-43-39-35-31-27-23-19-21-25-29-33-37-41-47(52)49-45(44-50)46(51)40-36-32-28-24-20-14-12-10-8-6-4-2/h16-17,23,27,36,40,45-46,50-51H,3-15,18-22,24-26,28-35,37-39,41-44H2,1-2H3,(H,49,52)/b17-16-,27-23-,40-36+. The van der Waals surface area contributed by atoms with Crippen LogP contribution in [0.3, 0.4) is 0 Å². The van der Waals surface area contributed by atoms with Crippen molar-refractivity contribution in [2.75, 3.05) is 13.2 Å². The van der Waals surface area contributed by atoms with Gasteiger partial charge in [0.2, 0.25) is 5.91 Å². The predicted molar refractivity (Wildman–Crippen MR) is 232 cm³/mol. The lowest BCUT2D eigenvalue weighted by Gasteiger charge is -2.20. The highest BCUT2D eigenvalue weighted by molar-refractivity contribution is 5.76. The third-order valence-corrected chi connectivity index (χ3v) is 10.4. The number of allylic oxidation sites excluding steroid dienone is 5. The Morgan fingerprint density at radius 3 is 1.31 bits per heavy atom. The maximum Gasteiger partial charge on any atom is 0.305 e. The molecule has 0 bridgehead atoms. The van der Waals surface area contributed by atoms with Gasteiger partial charge in [-0.15, -0.1) is 0 Å². The number of carbonyl (C=O) groups excluding carboxylic acids is 2. The minimum absolute atomic E-state index is 0.0422. The lowest BCUT2D eigenvalue weighted by atomic mass is 10.1. The molecule has 6 nitrogen and oxygen atoms in total. The summed E-state index contributed by atoms with van der Waals surface area (Å²) in [4.78, 5) is 24.4. The molecule has 0 rings (SSSR count). The quantitative estimate of drug-likeness (QED) is 0.0327. The molecule has 0 aliphatic heterocycles. The van der Waals surface area contributed by atoms with Gasteiger partial charge in [0.25, 0.3) is 0 Å². The Morgan fingerprint density at radius 1 is 0.500 bits per heavy atom. The maximum absolute atomic E-state index is 12.4. The van der Waals surface area contributed by atoms with Crippen LogP contribution in [0.1, 0.15) is 232 Å². The first kappa shape index (κ1) is 52.1. The van der Waals surface area contributed by atoms with Gasteiger partial charge in [-0.2, -0.15) is 0 Å². The van der Waals surface area contributed by atoms with Gasteiger partial charge in [-0.05, 0) is 83.5 Å². The molecule has 316 valence electrons. The van der Waals surface area contributed by atoms with Gasteiger partial charge in [0.1, 0.15) is 0 Å². The van der Waals surface area contributed by atoms with E-state index in [0.717, 1.165) is 83.5 Å². The minimum atomic E-state index is -0.861. The van der Waals surface area contributed by atoms with Crippen LogP contribution in [0.2, 0.25) is 0 Å². The van der Waals surface area contributed by atoms with Crippen LogP contribution in [0.15, 0.2) is 36.5 Å². The highest BCUT2D eigenvalue weighted by Crippen LogP contribution is 2.13. The molecule has 3 N–H and O–H groups in total. The van der Waals surface area contributed by atoms with E-state index in [9.17, 15) is 19.8 Å². The van der Waals surface area contributed by atoms with Gasteiger partial charge in [-0.1, -0.05) is 172 Å². The number of aliphatic hydroxyl groups excluding tert-OH is 2. The Hall–Kier alpha value is -1.92. The Morgan fingerprint density at radius 2 is 0.870 bits per heavy atom. The SMILES string of the molecule is CCCCCCCC/C=C\CCCCCCCC(=O)OCCCC/C=C\CCCCCCCC(=O)NC(CO)C(O)/C=C/CCCCCCCCCCC. The number of ether oxygens (including phenoxy) is 1. The van der Waals surface area contributed by atoms with Gasteiger partial charge < -0.3 is 20.3 Å². The van der Waals surface area contributed by atoms with Crippen LogP contribution in [0.25, 0.3) is 0 Å². The first-order chi connectivity index (χ1) is 26.5. The molecule has 0 aliphatic carbocycles. The third-order valence-electron chi connectivity index (χ3n) is 10.4. The van der Waals surface area contributed by atoms with Gasteiger partial charge in [-0.25, -0.2) is 0 Å². The van der Waals surface area contributed by atoms with Crippen LogP contribution in [0.5, 0.6) is 0 Å². The van der Waals surface area contributed by atoms with Gasteiger partial charge in [0.15, 0.2) is 0 Å². The molecule has 0 spiro atoms. The van der Waals surface area contributed by atoms with Crippen LogP contribution in [-0.2, 0) is 14.3 Å². The molecule has 6 heteroatoms. The molecule has 2 atom stereocenters. The zero-order valence-corrected chi connectivity index (χ0v) is 35.7. The molecule has 0 fully saturated rings. The summed E-state index contributed by atoms with van der Waals surface area (Å²) in [5, 5.41) is 22.9. The monoisotopic (exact) mass is 760 g/mol. The zero-order valence-electron chi connectivity index (χ0n) is 35.7. The topological polar surface area (TPSA) is 95.9 Å². The summed E-state index contributed by atoms with van der Waals surface area (Å²) < 4.78 is 5.42. The largest absolute Gasteiger partial charge is 0.466 e. The van der Waals surface area contributed by atoms with Crippen LogP contribution in [-0.4, -0.2) is 47.4 Å². The molecular formula is C48H89NO5. The van der Waals surface area contributed by atoms with Gasteiger partial charge in [-0.3, -0.25) is 9.59 Å². The number of hydrogen-bond donors (Lipinski definition) is 3. The molecule has 0 aromatic heterocycles. The summed E-state index contributed by atoms with van der Waals surface area (Å²) in [7, 11) is 0. The van der Waals surface area contributed by atoms with Crippen LogP contribution in [0.4, 0.5) is 0 Å². The molecule has 0 saturated heterocycles. The van der Waals surface area contributed by atoms with E-state index in [4.69, 9.17) is 4.74 Å². The van der Waals surface area contributed by atoms with Crippen molar-refractivity contribution < 1.29 is 24.5 Å². The van der Waals surface area contributed by atoms with Gasteiger partial charge >= 0.3 is 5.97 Å². The van der Waals surface area contributed by atoms with E-state index in [1.165, 1.54) is 122 Å². The van der Waals surface area contributed by atoms with E-state index in [-0.39, 0.29) is 18.5 Å². The van der Waals surface area contributed by atoms with Crippen LogP contribution < -0.4 is 5.32 Å². The van der Waals surface area contributed by atoms with E-state index in [0.29, 0.717) is 19.4 Å². The number of rotatable bonds is 42. The Kier molecular flexibility index (Phi) is 42.2. The fourth-order valence-corrected chi connectivity index (χ4v) is 6.74. The number of esters is 1. The first-order valence-electron chi connectivity index (χ1n) is 23.3. The Bertz CT molecular complexity index is 884. The number of hydrogen-bond acceptors (Lipinski definition) is 5. The summed E-state index contributed by atoms with van der Waals surface area (Å²) in [6, 6.07) is -0.648. The lowest BCUT2D eigenvalue weighted by Crippen LogP contribution is -2.45. The summed E-state index contributed by atoms with van der Waals surface area (Å²) in [6.45, 7) is 4.78. The summed E-state index contributed by atoms with van der Waals surface area (Å²) in [5.74, 6) is -0.143. The molecule has 0 saturated carbocycles. The maximum atomic E-state index is 12.4. The minimum Gasteiger partial charge on any atom is -0.466 e. The highest BCUT2D eigenvalue weighted by Gasteiger charge is 2.18. The summed E-state index contributed by atoms with van der Waals surface area (Å²) >= 11 is 0. The second-order valence-corrected chi connectivity index (χ2v) is 15.7. The Balaban J connectivity index is 3.56. The fraction of sp³-hybridized carbons (Fsp3) is 0.833. The molecule has 2 unspecified atom stereocenters. The predicted octanol–water partition coefficient (Wildman–Crippen LogP) is 13.3. The first-order valence-corrected chi connectivity index (χ1v) is 23.3. The third kappa shape index (κ3) is 39.8. The van der Waals surface area contributed by atoms with Crippen molar-refractivity contribution in [3.05, 3.63) is 36.5 Å². The molecule has 0 aromatic rings. The van der Waals surface area contributed by atoms with E-state index < -0.39 is 12.1 Å². The van der Waals surface area contributed by atoms with Crippen molar-refractivity contribution in [1.82, 2.24) is 5.32 Å². The molecule has 54 heavy (non-hydrogen) atoms. The van der Waals surface area contributed by atoms with Gasteiger partial charge in [0.05, 0.1) is 25.4 Å². The summed E-state index contributed by atoms with van der Waals surface area (Å²) in [5.41, 5.74) is 0. The molecule has 0 heterocycles. The lowest BCUT2D eigenvalue weighted by molar-refractivity contribution is -0.143. The number of unbranched alkanes of at least 4 members (excludes halogenated alkanes) is 27. The average molecular weight is 760 g/mol. The highest BCUT2D eigenvalue weighted by atomic mass is 16.5. The van der Waals surface area contributed by atoms with Crippen molar-refractivity contribution in [2.45, 2.75) is 244 Å². The van der Waals surface area contributed by atoms with Crippen molar-refractivity contribution >= 4 is 11.9 Å². The fourth-order valence-electron chi connectivity index (χ4n) is 6.74. The second-order valence-electron chi connectivity index (χ2n) is 15.7. The number of carbonyl (C=O) groups is 2. The Labute approximate surface area is 334 Å². The number of nitrogens with one attached hydrogen (secondary N) is 1. The second kappa shape index (κ2) is 43.8.